The topological polar surface area (TPSA) is 58.2 Å². The van der Waals surface area contributed by atoms with Gasteiger partial charge in [0.05, 0.1) is 5.92 Å². The Kier molecular flexibility index (Phi) is 7.20. The van der Waals surface area contributed by atoms with Gasteiger partial charge in [-0.25, -0.2) is 0 Å². The zero-order chi connectivity index (χ0) is 20.7. The van der Waals surface area contributed by atoms with Gasteiger partial charge in [-0.15, -0.1) is 0 Å². The van der Waals surface area contributed by atoms with Crippen LogP contribution in [0.25, 0.3) is 0 Å². The van der Waals surface area contributed by atoms with Crippen molar-refractivity contribution in [1.82, 2.24) is 5.32 Å². The smallest absolute Gasteiger partial charge is 0.343 e. The predicted molar refractivity (Wildman–Crippen MR) is 102 cm³/mol. The SMILES string of the molecule is CCC(C)C(C(=O)Nc1ccc(C(=O)NCC(F)(F)F)cc1)c1ccccc1. The molecule has 2 amide bonds. The van der Waals surface area contributed by atoms with Gasteiger partial charge in [0, 0.05) is 11.3 Å². The van der Waals surface area contributed by atoms with Crippen molar-refractivity contribution in [1.29, 1.82) is 0 Å². The number of amides is 2. The van der Waals surface area contributed by atoms with Crippen LogP contribution in [0, 0.1) is 5.92 Å². The average Bonchev–Trinajstić information content (AvgIpc) is 2.67. The molecule has 0 saturated carbocycles. The van der Waals surface area contributed by atoms with Gasteiger partial charge in [-0.2, -0.15) is 13.2 Å². The molecule has 0 aliphatic carbocycles. The van der Waals surface area contributed by atoms with E-state index < -0.39 is 18.6 Å². The maximum absolute atomic E-state index is 12.8. The number of rotatable bonds is 7. The number of hydrogen-bond donors (Lipinski definition) is 2. The largest absolute Gasteiger partial charge is 0.405 e. The Bertz CT molecular complexity index is 790. The molecule has 2 unspecified atom stereocenters. The van der Waals surface area contributed by atoms with Gasteiger partial charge in [-0.1, -0.05) is 50.6 Å². The minimum atomic E-state index is -4.47. The second kappa shape index (κ2) is 9.39. The van der Waals surface area contributed by atoms with Crippen LogP contribution in [0.1, 0.15) is 42.1 Å². The molecule has 0 aromatic heterocycles. The summed E-state index contributed by atoms with van der Waals surface area (Å²) in [6.07, 6.45) is -3.64. The Hall–Kier alpha value is -2.83. The summed E-state index contributed by atoms with van der Waals surface area (Å²) in [6, 6.07) is 15.2. The van der Waals surface area contributed by atoms with E-state index in [0.717, 1.165) is 12.0 Å². The highest BCUT2D eigenvalue weighted by Gasteiger charge is 2.28. The van der Waals surface area contributed by atoms with Crippen molar-refractivity contribution in [3.8, 4) is 0 Å². The number of halogens is 3. The maximum atomic E-state index is 12.8. The van der Waals surface area contributed by atoms with E-state index in [9.17, 15) is 22.8 Å². The minimum Gasteiger partial charge on any atom is -0.343 e. The van der Waals surface area contributed by atoms with Crippen molar-refractivity contribution in [2.75, 3.05) is 11.9 Å². The molecular weight excluding hydrogens is 369 g/mol. The fraction of sp³-hybridized carbons (Fsp3) is 0.333. The van der Waals surface area contributed by atoms with Crippen LogP contribution in [-0.4, -0.2) is 24.5 Å². The van der Waals surface area contributed by atoms with Gasteiger partial charge in [0.1, 0.15) is 6.54 Å². The van der Waals surface area contributed by atoms with Crippen molar-refractivity contribution in [2.45, 2.75) is 32.4 Å². The van der Waals surface area contributed by atoms with E-state index in [-0.39, 0.29) is 23.3 Å². The van der Waals surface area contributed by atoms with Crippen LogP contribution in [0.3, 0.4) is 0 Å². The molecule has 4 nitrogen and oxygen atoms in total. The molecule has 0 fully saturated rings. The zero-order valence-corrected chi connectivity index (χ0v) is 15.7. The third-order valence-electron chi connectivity index (χ3n) is 4.52. The molecule has 0 spiro atoms. The fourth-order valence-corrected chi connectivity index (χ4v) is 2.84. The number of carbonyl (C=O) groups excluding carboxylic acids is 2. The van der Waals surface area contributed by atoms with Gasteiger partial charge in [0.2, 0.25) is 5.91 Å². The van der Waals surface area contributed by atoms with Crippen LogP contribution >= 0.6 is 0 Å². The van der Waals surface area contributed by atoms with Gasteiger partial charge in [-0.3, -0.25) is 9.59 Å². The van der Waals surface area contributed by atoms with E-state index in [4.69, 9.17) is 0 Å². The monoisotopic (exact) mass is 392 g/mol. The molecule has 2 rings (SSSR count). The summed E-state index contributed by atoms with van der Waals surface area (Å²) in [5.41, 5.74) is 1.47. The molecule has 0 aliphatic heterocycles. The molecule has 0 bridgehead atoms. The highest BCUT2D eigenvalue weighted by atomic mass is 19.4. The van der Waals surface area contributed by atoms with E-state index in [1.165, 1.54) is 24.3 Å². The first-order chi connectivity index (χ1) is 13.2. The van der Waals surface area contributed by atoms with Gasteiger partial charge < -0.3 is 10.6 Å². The molecular formula is C21H23F3N2O2. The molecule has 0 saturated heterocycles. The molecule has 2 atom stereocenters. The van der Waals surface area contributed by atoms with Crippen molar-refractivity contribution in [3.63, 3.8) is 0 Å². The zero-order valence-electron chi connectivity index (χ0n) is 15.7. The van der Waals surface area contributed by atoms with E-state index in [2.05, 4.69) is 5.32 Å². The fourth-order valence-electron chi connectivity index (χ4n) is 2.84. The lowest BCUT2D eigenvalue weighted by molar-refractivity contribution is -0.123. The lowest BCUT2D eigenvalue weighted by Crippen LogP contribution is -2.33. The molecule has 0 aliphatic rings. The van der Waals surface area contributed by atoms with Crippen LogP contribution in [0.4, 0.5) is 18.9 Å². The van der Waals surface area contributed by atoms with Gasteiger partial charge in [-0.05, 0) is 35.7 Å². The molecule has 2 N–H and O–H groups in total. The van der Waals surface area contributed by atoms with Gasteiger partial charge >= 0.3 is 6.18 Å². The lowest BCUT2D eigenvalue weighted by Gasteiger charge is -2.23. The number of alkyl halides is 3. The number of benzene rings is 2. The Balaban J connectivity index is 2.07. The molecule has 2 aromatic carbocycles. The van der Waals surface area contributed by atoms with Crippen LogP contribution in [-0.2, 0) is 4.79 Å². The summed E-state index contributed by atoms with van der Waals surface area (Å²) >= 11 is 0. The van der Waals surface area contributed by atoms with Crippen molar-refractivity contribution in [3.05, 3.63) is 65.7 Å². The molecule has 2 aromatic rings. The van der Waals surface area contributed by atoms with Crippen LogP contribution in [0.5, 0.6) is 0 Å². The number of nitrogens with one attached hydrogen (secondary N) is 2. The molecule has 28 heavy (non-hydrogen) atoms. The number of hydrogen-bond acceptors (Lipinski definition) is 2. The summed E-state index contributed by atoms with van der Waals surface area (Å²) in [5, 5.41) is 4.64. The summed E-state index contributed by atoms with van der Waals surface area (Å²) in [6.45, 7) is 2.63. The second-order valence-electron chi connectivity index (χ2n) is 6.64. The first-order valence-corrected chi connectivity index (χ1v) is 9.02. The third kappa shape index (κ3) is 6.11. The van der Waals surface area contributed by atoms with E-state index in [0.29, 0.717) is 5.69 Å². The Morgan fingerprint density at radius 1 is 1.00 bits per heavy atom. The summed E-state index contributed by atoms with van der Waals surface area (Å²) in [4.78, 5) is 24.6. The Morgan fingerprint density at radius 3 is 2.14 bits per heavy atom. The van der Waals surface area contributed by atoms with E-state index in [1.807, 2.05) is 49.5 Å². The molecule has 0 radical (unpaired) electrons. The van der Waals surface area contributed by atoms with Crippen LogP contribution in [0.15, 0.2) is 54.6 Å². The van der Waals surface area contributed by atoms with E-state index in [1.54, 1.807) is 0 Å². The highest BCUT2D eigenvalue weighted by molar-refractivity contribution is 5.97. The first-order valence-electron chi connectivity index (χ1n) is 9.02. The quantitative estimate of drug-likeness (QED) is 0.715. The van der Waals surface area contributed by atoms with Gasteiger partial charge in [0.15, 0.2) is 0 Å². The normalized spacial score (nSPS) is 13.5. The Labute approximate surface area is 162 Å². The number of carbonyl (C=O) groups is 2. The molecule has 150 valence electrons. The summed E-state index contributed by atoms with van der Waals surface area (Å²) in [7, 11) is 0. The lowest BCUT2D eigenvalue weighted by atomic mass is 9.85. The van der Waals surface area contributed by atoms with Crippen LogP contribution < -0.4 is 10.6 Å². The predicted octanol–water partition coefficient (Wildman–Crippen LogP) is 4.75. The Morgan fingerprint density at radius 2 is 1.61 bits per heavy atom. The maximum Gasteiger partial charge on any atom is 0.405 e. The first kappa shape index (κ1) is 21.5. The van der Waals surface area contributed by atoms with Crippen molar-refractivity contribution < 1.29 is 22.8 Å². The van der Waals surface area contributed by atoms with Crippen molar-refractivity contribution >= 4 is 17.5 Å². The minimum absolute atomic E-state index is 0.0868. The second-order valence-corrected chi connectivity index (χ2v) is 6.64. The standard InChI is InChI=1S/C21H23F3N2O2/c1-3-14(2)18(15-7-5-4-6-8-15)20(28)26-17-11-9-16(10-12-17)19(27)25-13-21(22,23)24/h4-12,14,18H,3,13H2,1-2H3,(H,25,27)(H,26,28). The highest BCUT2D eigenvalue weighted by Crippen LogP contribution is 2.28. The van der Waals surface area contributed by atoms with Crippen LogP contribution in [0.2, 0.25) is 0 Å². The molecule has 7 heteroatoms. The van der Waals surface area contributed by atoms with E-state index >= 15 is 0 Å². The molecule has 0 heterocycles. The van der Waals surface area contributed by atoms with Crippen molar-refractivity contribution in [2.24, 2.45) is 5.92 Å². The number of anilines is 1. The summed E-state index contributed by atoms with van der Waals surface area (Å²) < 4.78 is 36.6. The summed E-state index contributed by atoms with van der Waals surface area (Å²) in [5.74, 6) is -1.21. The third-order valence-corrected chi connectivity index (χ3v) is 4.52. The van der Waals surface area contributed by atoms with Gasteiger partial charge in [0.25, 0.3) is 5.91 Å². The average molecular weight is 392 g/mol.